The second kappa shape index (κ2) is 4.44. The maximum absolute atomic E-state index is 12.5. The van der Waals surface area contributed by atoms with Gasteiger partial charge in [-0.25, -0.2) is 9.97 Å². The second-order valence-corrected chi connectivity index (χ2v) is 4.40. The summed E-state index contributed by atoms with van der Waals surface area (Å²) in [6.45, 7) is 4.15. The largest absolute Gasteiger partial charge is 0.312 e. The normalized spacial score (nSPS) is 11.1. The van der Waals surface area contributed by atoms with E-state index in [-0.39, 0.29) is 17.1 Å². The highest BCUT2D eigenvalue weighted by atomic mass is 16.1. The smallest absolute Gasteiger partial charge is 0.283 e. The molecule has 0 aromatic carbocycles. The summed E-state index contributed by atoms with van der Waals surface area (Å²) in [5, 5.41) is 3.36. The lowest BCUT2D eigenvalue weighted by molar-refractivity contribution is 0.708. The zero-order chi connectivity index (χ0) is 14.3. The van der Waals surface area contributed by atoms with E-state index in [1.807, 2.05) is 6.92 Å². The molecule has 1 N–H and O–H groups in total. The molecule has 0 aliphatic rings. The summed E-state index contributed by atoms with van der Waals surface area (Å²) in [7, 11) is 0. The van der Waals surface area contributed by atoms with Gasteiger partial charge in [0.1, 0.15) is 0 Å². The van der Waals surface area contributed by atoms with Gasteiger partial charge < -0.3 is 4.57 Å². The van der Waals surface area contributed by atoms with E-state index in [1.165, 1.54) is 10.7 Å². The summed E-state index contributed by atoms with van der Waals surface area (Å²) in [5.74, 6) is 0.253. The van der Waals surface area contributed by atoms with Crippen molar-refractivity contribution in [3.05, 3.63) is 50.9 Å². The van der Waals surface area contributed by atoms with Gasteiger partial charge in [-0.1, -0.05) is 0 Å². The summed E-state index contributed by atoms with van der Waals surface area (Å²) in [6.07, 6.45) is 3.11. The summed E-state index contributed by atoms with van der Waals surface area (Å²) in [4.78, 5) is 32.5. The number of nitrogens with zero attached hydrogens (tertiary/aromatic N) is 4. The highest BCUT2D eigenvalue weighted by molar-refractivity contribution is 5.80. The molecular weight excluding hydrogens is 258 g/mol. The molecule has 102 valence electrons. The molecule has 0 fully saturated rings. The van der Waals surface area contributed by atoms with Crippen molar-refractivity contribution in [2.75, 3.05) is 0 Å². The van der Waals surface area contributed by atoms with Crippen LogP contribution in [0.4, 0.5) is 0 Å². The van der Waals surface area contributed by atoms with Gasteiger partial charge in [0, 0.05) is 30.7 Å². The molecule has 3 aromatic heterocycles. The van der Waals surface area contributed by atoms with Crippen molar-refractivity contribution in [3.8, 4) is 5.95 Å². The molecule has 0 aliphatic carbocycles. The van der Waals surface area contributed by atoms with Crippen LogP contribution in [0, 0.1) is 6.92 Å². The van der Waals surface area contributed by atoms with Crippen LogP contribution in [-0.2, 0) is 6.54 Å². The number of aromatic amines is 1. The molecule has 0 aliphatic heterocycles. The van der Waals surface area contributed by atoms with E-state index in [9.17, 15) is 9.59 Å². The van der Waals surface area contributed by atoms with Crippen LogP contribution in [-0.4, -0.2) is 24.3 Å². The molecule has 3 aromatic rings. The molecule has 0 spiro atoms. The van der Waals surface area contributed by atoms with Gasteiger partial charge in [-0.15, -0.1) is 0 Å². The fourth-order valence-corrected chi connectivity index (χ4v) is 2.35. The summed E-state index contributed by atoms with van der Waals surface area (Å²) < 4.78 is 2.81. The van der Waals surface area contributed by atoms with Gasteiger partial charge in [-0.05, 0) is 19.9 Å². The first-order valence-corrected chi connectivity index (χ1v) is 6.26. The average molecular weight is 271 g/mol. The Bertz CT molecular complexity index is 889. The molecule has 0 amide bonds. The Labute approximate surface area is 113 Å². The number of aryl methyl sites for hydroxylation is 1. The number of hydrogen-bond donors (Lipinski definition) is 1. The first kappa shape index (κ1) is 12.3. The fraction of sp³-hybridized carbons (Fsp3) is 0.231. The van der Waals surface area contributed by atoms with Gasteiger partial charge in [0.15, 0.2) is 0 Å². The van der Waals surface area contributed by atoms with Crippen LogP contribution in [0.15, 0.2) is 34.1 Å². The Balaban J connectivity index is 2.40. The number of hydrogen-bond acceptors (Lipinski definition) is 4. The van der Waals surface area contributed by atoms with E-state index in [0.717, 1.165) is 0 Å². The third-order valence-electron chi connectivity index (χ3n) is 3.29. The summed E-state index contributed by atoms with van der Waals surface area (Å²) >= 11 is 0. The second-order valence-electron chi connectivity index (χ2n) is 4.40. The molecule has 3 rings (SSSR count). The number of pyridine rings is 1. The van der Waals surface area contributed by atoms with Crippen LogP contribution in [0.25, 0.3) is 16.9 Å². The SMILES string of the molecule is CCn1c(C)c2c(=O)n(-c3ncccn3)[nH]c2cc1=O. The van der Waals surface area contributed by atoms with Crippen molar-refractivity contribution < 1.29 is 0 Å². The molecule has 0 saturated carbocycles. The highest BCUT2D eigenvalue weighted by Crippen LogP contribution is 2.11. The van der Waals surface area contributed by atoms with Crippen LogP contribution < -0.4 is 11.1 Å². The lowest BCUT2D eigenvalue weighted by Crippen LogP contribution is -2.22. The predicted octanol–water partition coefficient (Wildman–Crippen LogP) is 0.599. The number of H-pyrrole nitrogens is 1. The summed E-state index contributed by atoms with van der Waals surface area (Å²) in [5.41, 5.74) is 0.742. The quantitative estimate of drug-likeness (QED) is 0.739. The van der Waals surface area contributed by atoms with E-state index in [1.54, 1.807) is 30.0 Å². The number of rotatable bonds is 2. The van der Waals surface area contributed by atoms with Crippen molar-refractivity contribution >= 4 is 10.9 Å². The minimum atomic E-state index is -0.258. The average Bonchev–Trinajstić information content (AvgIpc) is 2.77. The van der Waals surface area contributed by atoms with Gasteiger partial charge in [0.2, 0.25) is 0 Å². The van der Waals surface area contributed by atoms with Gasteiger partial charge in [0.05, 0.1) is 10.9 Å². The Morgan fingerprint density at radius 3 is 2.60 bits per heavy atom. The molecule has 7 nitrogen and oxygen atoms in total. The van der Waals surface area contributed by atoms with Crippen LogP contribution in [0.3, 0.4) is 0 Å². The monoisotopic (exact) mass is 271 g/mol. The highest BCUT2D eigenvalue weighted by Gasteiger charge is 2.15. The van der Waals surface area contributed by atoms with Crippen LogP contribution in [0.1, 0.15) is 12.6 Å². The first-order chi connectivity index (χ1) is 9.63. The zero-order valence-electron chi connectivity index (χ0n) is 11.1. The molecule has 0 bridgehead atoms. The molecule has 0 radical (unpaired) electrons. The molecule has 0 unspecified atom stereocenters. The van der Waals surface area contributed by atoms with Gasteiger partial charge >= 0.3 is 0 Å². The number of fused-ring (bicyclic) bond motifs is 1. The van der Waals surface area contributed by atoms with Crippen molar-refractivity contribution in [1.82, 2.24) is 24.3 Å². The van der Waals surface area contributed by atoms with Crippen molar-refractivity contribution in [2.24, 2.45) is 0 Å². The Kier molecular flexibility index (Phi) is 2.74. The van der Waals surface area contributed by atoms with E-state index < -0.39 is 0 Å². The van der Waals surface area contributed by atoms with Crippen molar-refractivity contribution in [3.63, 3.8) is 0 Å². The van der Waals surface area contributed by atoms with Crippen molar-refractivity contribution in [2.45, 2.75) is 20.4 Å². The fourth-order valence-electron chi connectivity index (χ4n) is 2.35. The first-order valence-electron chi connectivity index (χ1n) is 6.26. The van der Waals surface area contributed by atoms with Crippen molar-refractivity contribution in [1.29, 1.82) is 0 Å². The Morgan fingerprint density at radius 1 is 1.25 bits per heavy atom. The summed E-state index contributed by atoms with van der Waals surface area (Å²) in [6, 6.07) is 3.09. The zero-order valence-corrected chi connectivity index (χ0v) is 11.1. The molecular formula is C13H13N5O2. The standard InChI is InChI=1S/C13H13N5O2/c1-3-17-8(2)11-9(7-10(17)19)16-18(12(11)20)13-14-5-4-6-15-13/h4-7,16H,3H2,1-2H3. The lowest BCUT2D eigenvalue weighted by Gasteiger charge is -2.05. The minimum Gasteiger partial charge on any atom is -0.312 e. The lowest BCUT2D eigenvalue weighted by atomic mass is 10.2. The molecule has 20 heavy (non-hydrogen) atoms. The van der Waals surface area contributed by atoms with E-state index in [0.29, 0.717) is 23.1 Å². The van der Waals surface area contributed by atoms with E-state index in [4.69, 9.17) is 0 Å². The maximum Gasteiger partial charge on any atom is 0.283 e. The van der Waals surface area contributed by atoms with Crippen LogP contribution in [0.5, 0.6) is 0 Å². The Hall–Kier alpha value is -2.70. The van der Waals surface area contributed by atoms with Crippen LogP contribution in [0.2, 0.25) is 0 Å². The number of aromatic nitrogens is 5. The van der Waals surface area contributed by atoms with E-state index >= 15 is 0 Å². The maximum atomic E-state index is 12.5. The molecule has 0 atom stereocenters. The molecule has 7 heteroatoms. The molecule has 3 heterocycles. The Morgan fingerprint density at radius 2 is 1.95 bits per heavy atom. The van der Waals surface area contributed by atoms with E-state index in [2.05, 4.69) is 15.1 Å². The van der Waals surface area contributed by atoms with Gasteiger partial charge in [0.25, 0.3) is 17.1 Å². The van der Waals surface area contributed by atoms with Crippen LogP contribution >= 0.6 is 0 Å². The molecule has 0 saturated heterocycles. The minimum absolute atomic E-state index is 0.139. The third-order valence-corrected chi connectivity index (χ3v) is 3.29. The topological polar surface area (TPSA) is 85.6 Å². The van der Waals surface area contributed by atoms with Gasteiger partial charge in [-0.2, -0.15) is 4.68 Å². The predicted molar refractivity (Wildman–Crippen MR) is 74.2 cm³/mol. The van der Waals surface area contributed by atoms with Gasteiger partial charge in [-0.3, -0.25) is 14.7 Å². The third kappa shape index (κ3) is 1.67. The number of nitrogens with one attached hydrogen (secondary N) is 1.